The lowest BCUT2D eigenvalue weighted by Gasteiger charge is -2.04. The van der Waals surface area contributed by atoms with E-state index < -0.39 is 0 Å². The van der Waals surface area contributed by atoms with Crippen LogP contribution in [0.1, 0.15) is 12.0 Å². The van der Waals surface area contributed by atoms with Crippen molar-refractivity contribution >= 4 is 12.0 Å². The molecule has 0 saturated heterocycles. The number of benzene rings is 1. The molecule has 0 aliphatic rings. The van der Waals surface area contributed by atoms with Crippen molar-refractivity contribution in [1.82, 2.24) is 0 Å². The van der Waals surface area contributed by atoms with Crippen LogP contribution in [-0.2, 0) is 9.53 Å². The van der Waals surface area contributed by atoms with Gasteiger partial charge in [0.2, 0.25) is 0 Å². The molecule has 0 aromatic heterocycles. The minimum atomic E-state index is -0.359. The molecule has 0 bridgehead atoms. The first-order valence-electron chi connectivity index (χ1n) is 4.74. The Labute approximate surface area is 93.5 Å². The van der Waals surface area contributed by atoms with Gasteiger partial charge in [0.15, 0.2) is 0 Å². The van der Waals surface area contributed by atoms with Gasteiger partial charge in [-0.3, -0.25) is 4.79 Å². The summed E-state index contributed by atoms with van der Waals surface area (Å²) in [5.41, 5.74) is 0.716. The number of hydrogen-bond donors (Lipinski definition) is 0. The van der Waals surface area contributed by atoms with Crippen molar-refractivity contribution in [1.29, 1.82) is 0 Å². The molecule has 0 radical (unpaired) electrons. The maximum Gasteiger partial charge on any atom is 0.309 e. The summed E-state index contributed by atoms with van der Waals surface area (Å²) < 4.78 is 22.3. The summed E-state index contributed by atoms with van der Waals surface area (Å²) in [6.45, 7) is 0. The Balaban J connectivity index is 2.76. The summed E-state index contributed by atoms with van der Waals surface area (Å²) in [5, 5.41) is 0. The van der Waals surface area contributed by atoms with Crippen LogP contribution < -0.4 is 4.74 Å². The Bertz CT molecular complexity index is 399. The Morgan fingerprint density at radius 2 is 2.19 bits per heavy atom. The van der Waals surface area contributed by atoms with Crippen LogP contribution in [0.15, 0.2) is 24.3 Å². The van der Waals surface area contributed by atoms with Crippen LogP contribution in [0.5, 0.6) is 5.75 Å². The third kappa shape index (κ3) is 3.38. The van der Waals surface area contributed by atoms with Gasteiger partial charge in [0, 0.05) is 11.6 Å². The van der Waals surface area contributed by atoms with Crippen molar-refractivity contribution in [3.8, 4) is 5.75 Å². The molecule has 0 aliphatic carbocycles. The summed E-state index contributed by atoms with van der Waals surface area (Å²) >= 11 is 0. The van der Waals surface area contributed by atoms with E-state index in [0.717, 1.165) is 0 Å². The van der Waals surface area contributed by atoms with E-state index in [1.807, 2.05) is 0 Å². The van der Waals surface area contributed by atoms with E-state index in [2.05, 4.69) is 4.74 Å². The third-order valence-electron chi connectivity index (χ3n) is 2.01. The fourth-order valence-electron chi connectivity index (χ4n) is 1.19. The first-order valence-corrected chi connectivity index (χ1v) is 4.74. The van der Waals surface area contributed by atoms with Gasteiger partial charge in [0.1, 0.15) is 11.6 Å². The van der Waals surface area contributed by atoms with Crippen molar-refractivity contribution in [2.75, 3.05) is 14.2 Å². The molecule has 1 rings (SSSR count). The molecule has 0 saturated carbocycles. The molecular formula is C12H13FO3. The lowest BCUT2D eigenvalue weighted by Crippen LogP contribution is -1.96. The smallest absolute Gasteiger partial charge is 0.309 e. The quantitative estimate of drug-likeness (QED) is 0.737. The van der Waals surface area contributed by atoms with Crippen LogP contribution in [0.2, 0.25) is 0 Å². The van der Waals surface area contributed by atoms with Crippen molar-refractivity contribution in [3.05, 3.63) is 35.7 Å². The second-order valence-electron chi connectivity index (χ2n) is 3.07. The number of carbonyl (C=O) groups is 1. The van der Waals surface area contributed by atoms with Gasteiger partial charge < -0.3 is 9.47 Å². The van der Waals surface area contributed by atoms with Crippen LogP contribution in [0, 0.1) is 5.82 Å². The van der Waals surface area contributed by atoms with Gasteiger partial charge >= 0.3 is 5.97 Å². The van der Waals surface area contributed by atoms with Crippen molar-refractivity contribution < 1.29 is 18.7 Å². The van der Waals surface area contributed by atoms with Crippen LogP contribution in [-0.4, -0.2) is 20.2 Å². The standard InChI is InChI=1S/C12H13FO3/c1-15-11-8-10(13)7-6-9(11)4-3-5-12(14)16-2/h3-4,6-8H,5H2,1-2H3. The van der Waals surface area contributed by atoms with E-state index in [0.29, 0.717) is 11.3 Å². The summed E-state index contributed by atoms with van der Waals surface area (Å²) in [4.78, 5) is 10.8. The number of ether oxygens (including phenoxy) is 2. The molecular weight excluding hydrogens is 211 g/mol. The summed E-state index contributed by atoms with van der Waals surface area (Å²) in [5.74, 6) is -0.250. The number of esters is 1. The Morgan fingerprint density at radius 3 is 2.81 bits per heavy atom. The van der Waals surface area contributed by atoms with E-state index in [4.69, 9.17) is 4.74 Å². The second kappa shape index (κ2) is 5.90. The molecule has 4 heteroatoms. The molecule has 86 valence electrons. The highest BCUT2D eigenvalue weighted by molar-refractivity contribution is 5.72. The highest BCUT2D eigenvalue weighted by Crippen LogP contribution is 2.20. The largest absolute Gasteiger partial charge is 0.496 e. The predicted molar refractivity (Wildman–Crippen MR) is 58.6 cm³/mol. The molecule has 0 aliphatic heterocycles. The maximum atomic E-state index is 12.9. The van der Waals surface area contributed by atoms with Gasteiger partial charge in [-0.25, -0.2) is 4.39 Å². The molecule has 0 unspecified atom stereocenters. The SMILES string of the molecule is COC(=O)CC=Cc1ccc(F)cc1OC. The van der Waals surface area contributed by atoms with E-state index in [-0.39, 0.29) is 18.2 Å². The van der Waals surface area contributed by atoms with Crippen LogP contribution >= 0.6 is 0 Å². The molecule has 16 heavy (non-hydrogen) atoms. The number of rotatable bonds is 4. The van der Waals surface area contributed by atoms with E-state index in [1.54, 1.807) is 18.2 Å². The van der Waals surface area contributed by atoms with Gasteiger partial charge in [0.05, 0.1) is 20.6 Å². The molecule has 1 aromatic carbocycles. The van der Waals surface area contributed by atoms with Gasteiger partial charge in [-0.05, 0) is 12.1 Å². The zero-order valence-electron chi connectivity index (χ0n) is 9.20. The zero-order chi connectivity index (χ0) is 12.0. The third-order valence-corrected chi connectivity index (χ3v) is 2.01. The molecule has 0 spiro atoms. The van der Waals surface area contributed by atoms with E-state index in [1.165, 1.54) is 26.4 Å². The number of halogens is 1. The summed E-state index contributed by atoms with van der Waals surface area (Å²) in [7, 11) is 2.79. The Morgan fingerprint density at radius 1 is 1.44 bits per heavy atom. The van der Waals surface area contributed by atoms with Crippen LogP contribution in [0.3, 0.4) is 0 Å². The molecule has 0 N–H and O–H groups in total. The highest BCUT2D eigenvalue weighted by Gasteiger charge is 2.01. The topological polar surface area (TPSA) is 35.5 Å². The lowest BCUT2D eigenvalue weighted by atomic mass is 10.1. The average Bonchev–Trinajstić information content (AvgIpc) is 2.30. The van der Waals surface area contributed by atoms with Gasteiger partial charge in [0.25, 0.3) is 0 Å². The fraction of sp³-hybridized carbons (Fsp3) is 0.250. The molecule has 0 amide bonds. The number of hydrogen-bond acceptors (Lipinski definition) is 3. The van der Waals surface area contributed by atoms with Crippen molar-refractivity contribution in [2.45, 2.75) is 6.42 Å². The zero-order valence-corrected chi connectivity index (χ0v) is 9.20. The van der Waals surface area contributed by atoms with Crippen molar-refractivity contribution in [3.63, 3.8) is 0 Å². The molecule has 0 fully saturated rings. The van der Waals surface area contributed by atoms with E-state index >= 15 is 0 Å². The molecule has 3 nitrogen and oxygen atoms in total. The average molecular weight is 224 g/mol. The maximum absolute atomic E-state index is 12.9. The van der Waals surface area contributed by atoms with Gasteiger partial charge in [-0.1, -0.05) is 12.2 Å². The first-order chi connectivity index (χ1) is 7.67. The van der Waals surface area contributed by atoms with Gasteiger partial charge in [-0.2, -0.15) is 0 Å². The first kappa shape index (κ1) is 12.2. The Hall–Kier alpha value is -1.84. The second-order valence-corrected chi connectivity index (χ2v) is 3.07. The van der Waals surface area contributed by atoms with Gasteiger partial charge in [-0.15, -0.1) is 0 Å². The Kier molecular flexibility index (Phi) is 4.51. The highest BCUT2D eigenvalue weighted by atomic mass is 19.1. The normalized spacial score (nSPS) is 10.4. The number of carbonyl (C=O) groups excluding carboxylic acids is 1. The van der Waals surface area contributed by atoms with Crippen molar-refractivity contribution in [2.24, 2.45) is 0 Å². The fourth-order valence-corrected chi connectivity index (χ4v) is 1.19. The number of methoxy groups -OCH3 is 2. The summed E-state index contributed by atoms with van der Waals surface area (Å²) in [6, 6.07) is 4.21. The predicted octanol–water partition coefficient (Wildman–Crippen LogP) is 2.41. The minimum absolute atomic E-state index is 0.178. The minimum Gasteiger partial charge on any atom is -0.496 e. The molecule has 0 heterocycles. The van der Waals surface area contributed by atoms with Crippen LogP contribution in [0.25, 0.3) is 6.08 Å². The lowest BCUT2D eigenvalue weighted by molar-refractivity contribution is -0.139. The van der Waals surface area contributed by atoms with Crippen LogP contribution in [0.4, 0.5) is 4.39 Å². The molecule has 1 aromatic rings. The monoisotopic (exact) mass is 224 g/mol. The van der Waals surface area contributed by atoms with E-state index in [9.17, 15) is 9.18 Å². The summed E-state index contributed by atoms with van der Waals surface area (Å²) in [6.07, 6.45) is 3.51. The molecule has 0 atom stereocenters.